The lowest BCUT2D eigenvalue weighted by Crippen LogP contribution is -2.25. The van der Waals surface area contributed by atoms with Gasteiger partial charge in [-0.25, -0.2) is 14.4 Å². The first-order valence-corrected chi connectivity index (χ1v) is 10.6. The van der Waals surface area contributed by atoms with Gasteiger partial charge < -0.3 is 24.7 Å². The van der Waals surface area contributed by atoms with Gasteiger partial charge in [-0.1, -0.05) is 23.9 Å². The molecule has 1 aliphatic rings. The molecule has 0 spiro atoms. The van der Waals surface area contributed by atoms with Gasteiger partial charge in [-0.2, -0.15) is 0 Å². The predicted octanol–water partition coefficient (Wildman–Crippen LogP) is 3.74. The van der Waals surface area contributed by atoms with Gasteiger partial charge in [0.2, 0.25) is 0 Å². The highest BCUT2D eigenvalue weighted by Gasteiger charge is 2.24. The van der Waals surface area contributed by atoms with Crippen molar-refractivity contribution in [1.82, 2.24) is 4.90 Å². The Kier molecular flexibility index (Phi) is 9.30. The van der Waals surface area contributed by atoms with Gasteiger partial charge in [0.1, 0.15) is 0 Å². The second kappa shape index (κ2) is 11.9. The summed E-state index contributed by atoms with van der Waals surface area (Å²) in [6, 6.07) is 14.2. The lowest BCUT2D eigenvalue weighted by molar-refractivity contribution is -0.134. The van der Waals surface area contributed by atoms with E-state index in [1.54, 1.807) is 11.8 Å². The number of para-hydroxylation sites is 1. The molecule has 0 aromatic heterocycles. The molecule has 8 nitrogen and oxygen atoms in total. The van der Waals surface area contributed by atoms with Gasteiger partial charge in [0.05, 0.1) is 24.0 Å². The summed E-state index contributed by atoms with van der Waals surface area (Å²) in [7, 11) is 5.60. The molecule has 2 N–H and O–H groups in total. The number of hydrogen-bond acceptors (Lipinski definition) is 7. The molecule has 32 heavy (non-hydrogen) atoms. The maximum atomic E-state index is 11.8. The fourth-order valence-electron chi connectivity index (χ4n) is 3.01. The van der Waals surface area contributed by atoms with Crippen LogP contribution in [0.5, 0.6) is 0 Å². The Morgan fingerprint density at radius 1 is 1.00 bits per heavy atom. The number of carbonyl (C=O) groups is 3. The summed E-state index contributed by atoms with van der Waals surface area (Å²) < 4.78 is 4.85. The fraction of sp³-hybridized carbons (Fsp3) is 0.261. The zero-order valence-electron chi connectivity index (χ0n) is 18.1. The Balaban J connectivity index is 0.000000390. The van der Waals surface area contributed by atoms with E-state index < -0.39 is 11.9 Å². The molecular formula is C23H26N2O6S. The van der Waals surface area contributed by atoms with Gasteiger partial charge in [-0.15, -0.1) is 0 Å². The van der Waals surface area contributed by atoms with Crippen molar-refractivity contribution in [3.8, 4) is 0 Å². The van der Waals surface area contributed by atoms with E-state index in [1.165, 1.54) is 17.7 Å². The average Bonchev–Trinajstić information content (AvgIpc) is 2.76. The normalized spacial score (nSPS) is 11.9. The van der Waals surface area contributed by atoms with E-state index in [-0.39, 0.29) is 5.97 Å². The number of anilines is 2. The van der Waals surface area contributed by atoms with Gasteiger partial charge >= 0.3 is 17.9 Å². The SMILES string of the molecule is COC(=O)c1ccc2c(c1)Sc1ccccc1N2CCCN(C)C.O=C(O)C=CC(=O)O. The largest absolute Gasteiger partial charge is 0.478 e. The first-order valence-electron chi connectivity index (χ1n) is 9.78. The van der Waals surface area contributed by atoms with Gasteiger partial charge in [0.15, 0.2) is 0 Å². The first kappa shape index (κ1) is 25.0. The fourth-order valence-corrected chi connectivity index (χ4v) is 4.14. The summed E-state index contributed by atoms with van der Waals surface area (Å²) in [5.41, 5.74) is 2.99. The minimum Gasteiger partial charge on any atom is -0.478 e. The molecule has 0 aliphatic carbocycles. The van der Waals surface area contributed by atoms with Crippen molar-refractivity contribution in [2.75, 3.05) is 39.2 Å². The van der Waals surface area contributed by atoms with Crippen molar-refractivity contribution < 1.29 is 29.3 Å². The number of nitrogens with zero attached hydrogens (tertiary/aromatic N) is 2. The number of carbonyl (C=O) groups excluding carboxylic acids is 1. The standard InChI is InChI=1S/C19H22N2O2S.C4H4O4/c1-20(2)11-6-12-21-15-7-4-5-8-17(15)24-18-13-14(19(22)23-3)9-10-16(18)21;5-3(6)1-2-4(7)8/h4-5,7-10,13H,6,11-12H2,1-3H3;1-2H,(H,5,6)(H,7,8). The minimum atomic E-state index is -1.26. The van der Waals surface area contributed by atoms with Gasteiger partial charge in [0, 0.05) is 28.5 Å². The van der Waals surface area contributed by atoms with Crippen LogP contribution in [0.4, 0.5) is 11.4 Å². The number of esters is 1. The molecule has 2 aromatic rings. The van der Waals surface area contributed by atoms with Crippen LogP contribution in [0.25, 0.3) is 0 Å². The second-order valence-electron chi connectivity index (χ2n) is 7.06. The lowest BCUT2D eigenvalue weighted by Gasteiger charge is -2.33. The zero-order chi connectivity index (χ0) is 23.7. The van der Waals surface area contributed by atoms with Crippen molar-refractivity contribution in [1.29, 1.82) is 0 Å². The summed E-state index contributed by atoms with van der Waals surface area (Å²) in [5.74, 6) is -2.81. The Hall–Kier alpha value is -3.30. The number of carboxylic acids is 2. The molecular weight excluding hydrogens is 432 g/mol. The molecule has 0 fully saturated rings. The van der Waals surface area contributed by atoms with E-state index in [0.717, 1.165) is 30.1 Å². The topological polar surface area (TPSA) is 107 Å². The quantitative estimate of drug-likeness (QED) is 0.474. The van der Waals surface area contributed by atoms with Crippen molar-refractivity contribution in [3.63, 3.8) is 0 Å². The second-order valence-corrected chi connectivity index (χ2v) is 8.15. The van der Waals surface area contributed by atoms with E-state index in [0.29, 0.717) is 17.7 Å². The van der Waals surface area contributed by atoms with Crippen LogP contribution in [-0.4, -0.2) is 67.3 Å². The molecule has 9 heteroatoms. The maximum absolute atomic E-state index is 11.8. The highest BCUT2D eigenvalue weighted by Crippen LogP contribution is 2.48. The van der Waals surface area contributed by atoms with Gasteiger partial charge in [0.25, 0.3) is 0 Å². The van der Waals surface area contributed by atoms with E-state index >= 15 is 0 Å². The van der Waals surface area contributed by atoms with Crippen LogP contribution >= 0.6 is 11.8 Å². The first-order chi connectivity index (χ1) is 15.2. The smallest absolute Gasteiger partial charge is 0.337 e. The zero-order valence-corrected chi connectivity index (χ0v) is 19.0. The van der Waals surface area contributed by atoms with Crippen LogP contribution < -0.4 is 4.90 Å². The number of methoxy groups -OCH3 is 1. The summed E-state index contributed by atoms with van der Waals surface area (Å²) >= 11 is 1.71. The van der Waals surface area contributed by atoms with E-state index in [4.69, 9.17) is 14.9 Å². The van der Waals surface area contributed by atoms with Gasteiger partial charge in [-0.3, -0.25) is 0 Å². The summed E-state index contributed by atoms with van der Waals surface area (Å²) in [5, 5.41) is 15.6. The molecule has 0 radical (unpaired) electrons. The molecule has 1 heterocycles. The lowest BCUT2D eigenvalue weighted by atomic mass is 10.1. The number of hydrogen-bond donors (Lipinski definition) is 2. The Bertz CT molecular complexity index is 990. The molecule has 0 saturated carbocycles. The van der Waals surface area contributed by atoms with E-state index in [1.807, 2.05) is 18.2 Å². The molecule has 170 valence electrons. The number of ether oxygens (including phenoxy) is 1. The molecule has 0 amide bonds. The third-order valence-electron chi connectivity index (χ3n) is 4.40. The van der Waals surface area contributed by atoms with Crippen molar-refractivity contribution in [3.05, 3.63) is 60.2 Å². The highest BCUT2D eigenvalue weighted by atomic mass is 32.2. The average molecular weight is 459 g/mol. The molecule has 0 unspecified atom stereocenters. The van der Waals surface area contributed by atoms with Crippen LogP contribution in [0.2, 0.25) is 0 Å². The summed E-state index contributed by atoms with van der Waals surface area (Å²) in [4.78, 5) is 37.8. The number of aliphatic carboxylic acids is 2. The molecule has 0 atom stereocenters. The maximum Gasteiger partial charge on any atom is 0.337 e. The number of rotatable bonds is 7. The predicted molar refractivity (Wildman–Crippen MR) is 123 cm³/mol. The van der Waals surface area contributed by atoms with Crippen molar-refractivity contribution >= 4 is 41.0 Å². The van der Waals surface area contributed by atoms with Crippen LogP contribution in [0, 0.1) is 0 Å². The van der Waals surface area contributed by atoms with Crippen LogP contribution in [0.15, 0.2) is 64.4 Å². The Labute approximate surface area is 191 Å². The molecule has 0 saturated heterocycles. The monoisotopic (exact) mass is 458 g/mol. The van der Waals surface area contributed by atoms with E-state index in [2.05, 4.69) is 48.2 Å². The Morgan fingerprint density at radius 3 is 2.22 bits per heavy atom. The number of carboxylic acid groups (broad SMARTS) is 2. The molecule has 1 aliphatic heterocycles. The van der Waals surface area contributed by atoms with Crippen LogP contribution in [0.3, 0.4) is 0 Å². The van der Waals surface area contributed by atoms with Crippen LogP contribution in [0.1, 0.15) is 16.8 Å². The third kappa shape index (κ3) is 7.14. The van der Waals surface area contributed by atoms with E-state index in [9.17, 15) is 14.4 Å². The Morgan fingerprint density at radius 2 is 1.62 bits per heavy atom. The number of fused-ring (bicyclic) bond motifs is 2. The third-order valence-corrected chi connectivity index (χ3v) is 5.52. The molecule has 0 bridgehead atoms. The highest BCUT2D eigenvalue weighted by molar-refractivity contribution is 7.99. The molecule has 3 rings (SSSR count). The van der Waals surface area contributed by atoms with Crippen molar-refractivity contribution in [2.45, 2.75) is 16.2 Å². The minimum absolute atomic E-state index is 0.295. The van der Waals surface area contributed by atoms with Crippen molar-refractivity contribution in [2.24, 2.45) is 0 Å². The van der Waals surface area contributed by atoms with Crippen LogP contribution in [-0.2, 0) is 14.3 Å². The van der Waals surface area contributed by atoms with Gasteiger partial charge in [-0.05, 0) is 57.4 Å². The summed E-state index contributed by atoms with van der Waals surface area (Å²) in [6.45, 7) is 1.99. The summed E-state index contributed by atoms with van der Waals surface area (Å²) in [6.07, 6.45) is 2.19. The number of benzene rings is 2. The molecule has 2 aromatic carbocycles.